The van der Waals surface area contributed by atoms with Crippen LogP contribution >= 0.6 is 0 Å². The number of hydrogen-bond donors (Lipinski definition) is 1. The third-order valence-corrected chi connectivity index (χ3v) is 7.14. The summed E-state index contributed by atoms with van der Waals surface area (Å²) >= 11 is 0. The van der Waals surface area contributed by atoms with Crippen molar-refractivity contribution in [1.29, 1.82) is 0 Å². The topological polar surface area (TPSA) is 96.1 Å². The molecule has 2 aromatic carbocycles. The molecule has 0 fully saturated rings. The van der Waals surface area contributed by atoms with Gasteiger partial charge in [0, 0.05) is 31.6 Å². The summed E-state index contributed by atoms with van der Waals surface area (Å²) in [6.07, 6.45) is -0.370. The van der Waals surface area contributed by atoms with Crippen LogP contribution in [0, 0.1) is 19.8 Å². The van der Waals surface area contributed by atoms with Crippen molar-refractivity contribution < 1.29 is 24.0 Å². The quantitative estimate of drug-likeness (QED) is 0.561. The number of likely N-dealkylation sites (N-methyl/N-ethyl adjacent to an activating group) is 1. The molecular weight excluding hydrogens is 470 g/mol. The third-order valence-electron chi connectivity index (χ3n) is 7.14. The van der Waals surface area contributed by atoms with Crippen LogP contribution in [0.2, 0.25) is 0 Å². The molecule has 0 radical (unpaired) electrons. The smallest absolute Gasteiger partial charge is 0.259 e. The van der Waals surface area contributed by atoms with E-state index in [0.29, 0.717) is 42.3 Å². The van der Waals surface area contributed by atoms with Gasteiger partial charge in [0.25, 0.3) is 11.8 Å². The van der Waals surface area contributed by atoms with Gasteiger partial charge in [-0.15, -0.1) is 0 Å². The Hall–Kier alpha value is -3.49. The molecule has 4 rings (SSSR count). The van der Waals surface area contributed by atoms with E-state index in [0.717, 1.165) is 16.7 Å². The van der Waals surface area contributed by atoms with Crippen LogP contribution in [-0.4, -0.2) is 70.8 Å². The highest BCUT2D eigenvalue weighted by atomic mass is 16.5. The molecule has 37 heavy (non-hydrogen) atoms. The Morgan fingerprint density at radius 1 is 1.14 bits per heavy atom. The number of aromatic nitrogens is 1. The predicted octanol–water partition coefficient (Wildman–Crippen LogP) is 4.09. The largest absolute Gasteiger partial charge is 0.394 e. The molecule has 3 aromatic rings. The first-order valence-electron chi connectivity index (χ1n) is 12.6. The molecular formula is C29H35N3O5. The second-order valence-corrected chi connectivity index (χ2v) is 9.90. The number of fused-ring (bicyclic) bond motifs is 3. The van der Waals surface area contributed by atoms with Gasteiger partial charge >= 0.3 is 0 Å². The summed E-state index contributed by atoms with van der Waals surface area (Å²) < 4.78 is 11.7. The van der Waals surface area contributed by atoms with Crippen molar-refractivity contribution in [3.8, 4) is 11.1 Å². The van der Waals surface area contributed by atoms with Crippen molar-refractivity contribution in [3.63, 3.8) is 0 Å². The molecule has 0 saturated heterocycles. The molecule has 2 heterocycles. The van der Waals surface area contributed by atoms with Gasteiger partial charge in [0.15, 0.2) is 0 Å². The van der Waals surface area contributed by atoms with Gasteiger partial charge in [0.2, 0.25) is 0 Å². The summed E-state index contributed by atoms with van der Waals surface area (Å²) in [5, 5.41) is 13.9. The molecule has 196 valence electrons. The lowest BCUT2D eigenvalue weighted by atomic mass is 9.94. The fourth-order valence-electron chi connectivity index (χ4n) is 4.88. The molecule has 1 aliphatic heterocycles. The predicted molar refractivity (Wildman–Crippen MR) is 140 cm³/mol. The van der Waals surface area contributed by atoms with Crippen LogP contribution in [0.1, 0.15) is 51.6 Å². The first-order valence-corrected chi connectivity index (χ1v) is 12.6. The molecule has 0 saturated carbocycles. The highest BCUT2D eigenvalue weighted by Crippen LogP contribution is 2.31. The fourth-order valence-corrected chi connectivity index (χ4v) is 4.88. The zero-order valence-corrected chi connectivity index (χ0v) is 22.1. The van der Waals surface area contributed by atoms with Gasteiger partial charge in [-0.1, -0.05) is 54.5 Å². The van der Waals surface area contributed by atoms with Gasteiger partial charge in [-0.05, 0) is 43.5 Å². The summed E-state index contributed by atoms with van der Waals surface area (Å²) in [4.78, 5) is 30.5. The minimum Gasteiger partial charge on any atom is -0.394 e. The average Bonchev–Trinajstić information content (AvgIpc) is 3.24. The maximum absolute atomic E-state index is 13.9. The highest BCUT2D eigenvalue weighted by molar-refractivity contribution is 6.01. The van der Waals surface area contributed by atoms with Crippen LogP contribution in [0.15, 0.2) is 53.1 Å². The van der Waals surface area contributed by atoms with Crippen molar-refractivity contribution in [1.82, 2.24) is 15.0 Å². The Labute approximate surface area is 217 Å². The Balaban J connectivity index is 1.72. The standard InChI is InChI=1S/C29H35N3O5/c1-18-14-32(19(2)16-33)28(34)25-13-9-8-12-24(25)23-11-7-6-10-22(23)17-36-26(18)15-31(5)29(35)27-20(3)30-37-21(27)4/h6-13,18-19,26,33H,14-17H2,1-5H3/t18-,19+,26+/m1/s1. The molecule has 0 bridgehead atoms. The van der Waals surface area contributed by atoms with Crippen LogP contribution in [-0.2, 0) is 11.3 Å². The van der Waals surface area contributed by atoms with Crippen LogP contribution < -0.4 is 0 Å². The minimum absolute atomic E-state index is 0.129. The maximum Gasteiger partial charge on any atom is 0.259 e. The molecule has 8 heteroatoms. The van der Waals surface area contributed by atoms with E-state index in [-0.39, 0.29) is 36.5 Å². The lowest BCUT2D eigenvalue weighted by Crippen LogP contribution is -2.47. The monoisotopic (exact) mass is 505 g/mol. The SMILES string of the molecule is Cc1noc(C)c1C(=O)N(C)C[C@@H]1OCc2ccccc2-c2ccccc2C(=O)N([C@@H](C)CO)C[C@H]1C. The van der Waals surface area contributed by atoms with Gasteiger partial charge < -0.3 is 24.2 Å². The van der Waals surface area contributed by atoms with Crippen molar-refractivity contribution in [2.45, 2.75) is 46.4 Å². The van der Waals surface area contributed by atoms with E-state index in [9.17, 15) is 14.7 Å². The average molecular weight is 506 g/mol. The molecule has 1 N–H and O–H groups in total. The number of amides is 2. The Kier molecular flexibility index (Phi) is 8.10. The molecule has 1 aliphatic rings. The number of carbonyl (C=O) groups excluding carboxylic acids is 2. The summed E-state index contributed by atoms with van der Waals surface area (Å²) in [7, 11) is 1.73. The van der Waals surface area contributed by atoms with E-state index in [1.165, 1.54) is 0 Å². The van der Waals surface area contributed by atoms with Gasteiger partial charge in [0.1, 0.15) is 11.3 Å². The Morgan fingerprint density at radius 3 is 2.43 bits per heavy atom. The zero-order chi connectivity index (χ0) is 26.7. The zero-order valence-electron chi connectivity index (χ0n) is 22.1. The molecule has 8 nitrogen and oxygen atoms in total. The number of hydrogen-bond acceptors (Lipinski definition) is 6. The van der Waals surface area contributed by atoms with Crippen LogP contribution in [0.25, 0.3) is 11.1 Å². The minimum atomic E-state index is -0.388. The van der Waals surface area contributed by atoms with E-state index < -0.39 is 0 Å². The summed E-state index contributed by atoms with van der Waals surface area (Å²) in [6.45, 7) is 8.17. The molecule has 1 aromatic heterocycles. The highest BCUT2D eigenvalue weighted by Gasteiger charge is 2.32. The number of aryl methyl sites for hydroxylation is 2. The van der Waals surface area contributed by atoms with Crippen molar-refractivity contribution >= 4 is 11.8 Å². The first kappa shape index (κ1) is 26.6. The summed E-state index contributed by atoms with van der Waals surface area (Å²) in [5.41, 5.74) is 4.31. The van der Waals surface area contributed by atoms with Crippen molar-refractivity contribution in [3.05, 3.63) is 76.7 Å². The van der Waals surface area contributed by atoms with Crippen LogP contribution in [0.5, 0.6) is 0 Å². The fraction of sp³-hybridized carbons (Fsp3) is 0.414. The van der Waals surface area contributed by atoms with E-state index in [1.807, 2.05) is 62.4 Å². The molecule has 0 unspecified atom stereocenters. The van der Waals surface area contributed by atoms with E-state index in [2.05, 4.69) is 5.16 Å². The number of benzene rings is 2. The molecule has 0 aliphatic carbocycles. The van der Waals surface area contributed by atoms with Crippen molar-refractivity contribution in [2.75, 3.05) is 26.7 Å². The number of nitrogens with zero attached hydrogens (tertiary/aromatic N) is 3. The summed E-state index contributed by atoms with van der Waals surface area (Å²) in [5.74, 6) is 0.0201. The van der Waals surface area contributed by atoms with E-state index in [4.69, 9.17) is 9.26 Å². The van der Waals surface area contributed by atoms with Crippen LogP contribution in [0.3, 0.4) is 0 Å². The van der Waals surface area contributed by atoms with Crippen LogP contribution in [0.4, 0.5) is 0 Å². The number of aliphatic hydroxyl groups is 1. The Bertz CT molecular complexity index is 1250. The number of ether oxygens (including phenoxy) is 1. The normalized spacial score (nSPS) is 19.0. The summed E-state index contributed by atoms with van der Waals surface area (Å²) in [6, 6.07) is 15.1. The van der Waals surface area contributed by atoms with Crippen molar-refractivity contribution in [2.24, 2.45) is 5.92 Å². The van der Waals surface area contributed by atoms with E-state index >= 15 is 0 Å². The second-order valence-electron chi connectivity index (χ2n) is 9.90. The number of aliphatic hydroxyl groups excluding tert-OH is 1. The number of carbonyl (C=O) groups is 2. The first-order chi connectivity index (χ1) is 17.7. The van der Waals surface area contributed by atoms with Gasteiger partial charge in [-0.3, -0.25) is 9.59 Å². The van der Waals surface area contributed by atoms with Gasteiger partial charge in [-0.25, -0.2) is 0 Å². The Morgan fingerprint density at radius 2 is 1.78 bits per heavy atom. The lowest BCUT2D eigenvalue weighted by Gasteiger charge is -2.35. The van der Waals surface area contributed by atoms with Gasteiger partial charge in [-0.2, -0.15) is 0 Å². The molecule has 0 spiro atoms. The molecule has 2 amide bonds. The second kappa shape index (κ2) is 11.3. The maximum atomic E-state index is 13.9. The lowest BCUT2D eigenvalue weighted by molar-refractivity contribution is -0.0209. The number of rotatable bonds is 5. The molecule has 3 atom stereocenters. The third kappa shape index (κ3) is 5.45. The van der Waals surface area contributed by atoms with E-state index in [1.54, 1.807) is 30.7 Å². The van der Waals surface area contributed by atoms with Gasteiger partial charge in [0.05, 0.1) is 31.1 Å².